The van der Waals surface area contributed by atoms with Crippen LogP contribution in [-0.4, -0.2) is 41.1 Å². The van der Waals surface area contributed by atoms with Gasteiger partial charge in [-0.05, 0) is 31.1 Å². The van der Waals surface area contributed by atoms with Crippen LogP contribution in [-0.2, 0) is 22.6 Å². The Hall–Kier alpha value is -2.02. The molecule has 1 aliphatic rings. The van der Waals surface area contributed by atoms with Crippen molar-refractivity contribution in [3.63, 3.8) is 0 Å². The molecule has 1 saturated heterocycles. The molecule has 0 bridgehead atoms. The molecule has 6 heteroatoms. The Bertz CT molecular complexity index is 735. The molecule has 1 fully saturated rings. The third-order valence-electron chi connectivity index (χ3n) is 4.29. The average Bonchev–Trinajstić information content (AvgIpc) is 3.12. The summed E-state index contributed by atoms with van der Waals surface area (Å²) in [5.74, 6) is -0.108. The highest BCUT2D eigenvalue weighted by molar-refractivity contribution is 7.10. The van der Waals surface area contributed by atoms with E-state index in [1.54, 1.807) is 12.3 Å². The van der Waals surface area contributed by atoms with E-state index in [0.29, 0.717) is 6.54 Å². The highest BCUT2D eigenvalue weighted by atomic mass is 32.1. The number of morpholine rings is 1. The van der Waals surface area contributed by atoms with Crippen molar-refractivity contribution in [1.29, 1.82) is 0 Å². The molecule has 5 nitrogen and oxygen atoms in total. The molecule has 1 amide bonds. The fourth-order valence-electron chi connectivity index (χ4n) is 3.24. The van der Waals surface area contributed by atoms with Crippen molar-refractivity contribution in [2.75, 3.05) is 13.1 Å². The minimum absolute atomic E-state index is 0.108. The largest absolute Gasteiger partial charge is 0.373 e. The van der Waals surface area contributed by atoms with Crippen molar-refractivity contribution in [2.45, 2.75) is 39.1 Å². The van der Waals surface area contributed by atoms with Crippen molar-refractivity contribution >= 4 is 23.3 Å². The van der Waals surface area contributed by atoms with Gasteiger partial charge in [0.15, 0.2) is 0 Å². The van der Waals surface area contributed by atoms with Crippen LogP contribution < -0.4 is 5.32 Å². The summed E-state index contributed by atoms with van der Waals surface area (Å²) in [7, 11) is 0. The highest BCUT2D eigenvalue weighted by Gasteiger charge is 2.22. The fraction of sp³-hybridized carbons (Fsp3) is 0.400. The van der Waals surface area contributed by atoms with Crippen molar-refractivity contribution in [2.24, 2.45) is 0 Å². The molecular weight excluding hydrogens is 346 g/mol. The van der Waals surface area contributed by atoms with Crippen molar-refractivity contribution < 1.29 is 9.53 Å². The van der Waals surface area contributed by atoms with Gasteiger partial charge in [0.25, 0.3) is 0 Å². The topological polar surface area (TPSA) is 54.5 Å². The molecule has 0 radical (unpaired) electrons. The molecule has 26 heavy (non-hydrogen) atoms. The van der Waals surface area contributed by atoms with Gasteiger partial charge in [-0.3, -0.25) is 9.69 Å². The second-order valence-corrected chi connectivity index (χ2v) is 7.57. The van der Waals surface area contributed by atoms with Gasteiger partial charge >= 0.3 is 0 Å². The number of aromatic nitrogens is 1. The minimum Gasteiger partial charge on any atom is -0.373 e. The summed E-state index contributed by atoms with van der Waals surface area (Å²) in [6.45, 7) is 7.49. The average molecular weight is 372 g/mol. The summed E-state index contributed by atoms with van der Waals surface area (Å²) >= 11 is 1.51. The first kappa shape index (κ1) is 18.8. The predicted molar refractivity (Wildman–Crippen MR) is 105 cm³/mol. The summed E-state index contributed by atoms with van der Waals surface area (Å²) in [6.07, 6.45) is 5.50. The fourth-order valence-corrected chi connectivity index (χ4v) is 3.77. The number of carbonyl (C=O) groups is 1. The first-order valence-electron chi connectivity index (χ1n) is 8.90. The van der Waals surface area contributed by atoms with Gasteiger partial charge in [0.2, 0.25) is 5.91 Å². The van der Waals surface area contributed by atoms with E-state index in [4.69, 9.17) is 4.74 Å². The number of hydrogen-bond donors (Lipinski definition) is 1. The molecule has 1 N–H and O–H groups in total. The number of carbonyl (C=O) groups excluding carboxylic acids is 1. The van der Waals surface area contributed by atoms with E-state index >= 15 is 0 Å². The van der Waals surface area contributed by atoms with Crippen LogP contribution in [0.2, 0.25) is 0 Å². The van der Waals surface area contributed by atoms with Gasteiger partial charge in [-0.1, -0.05) is 24.3 Å². The van der Waals surface area contributed by atoms with Gasteiger partial charge in [0, 0.05) is 43.8 Å². The molecule has 0 saturated carbocycles. The number of amides is 1. The Labute approximate surface area is 158 Å². The quantitative estimate of drug-likeness (QED) is 0.793. The second-order valence-electron chi connectivity index (χ2n) is 6.64. The Morgan fingerprint density at radius 1 is 1.31 bits per heavy atom. The molecule has 1 aliphatic heterocycles. The van der Waals surface area contributed by atoms with E-state index in [1.165, 1.54) is 23.0 Å². The zero-order valence-corrected chi connectivity index (χ0v) is 16.0. The lowest BCUT2D eigenvalue weighted by molar-refractivity contribution is -0.116. The van der Waals surface area contributed by atoms with Gasteiger partial charge < -0.3 is 10.1 Å². The van der Waals surface area contributed by atoms with Crippen molar-refractivity contribution in [1.82, 2.24) is 15.2 Å². The lowest BCUT2D eigenvalue weighted by atomic mass is 10.1. The lowest BCUT2D eigenvalue weighted by Gasteiger charge is -2.35. The number of rotatable bonds is 6. The van der Waals surface area contributed by atoms with E-state index in [1.807, 2.05) is 11.4 Å². The maximum atomic E-state index is 12.1. The van der Waals surface area contributed by atoms with Gasteiger partial charge in [-0.2, -0.15) is 0 Å². The third-order valence-corrected chi connectivity index (χ3v) is 5.03. The number of thiazole rings is 1. The predicted octanol–water partition coefficient (Wildman–Crippen LogP) is 3.08. The molecule has 1 aromatic heterocycles. The summed E-state index contributed by atoms with van der Waals surface area (Å²) in [6, 6.07) is 8.28. The van der Waals surface area contributed by atoms with Crippen LogP contribution in [0.15, 0.2) is 41.9 Å². The zero-order valence-electron chi connectivity index (χ0n) is 15.2. The number of benzene rings is 1. The zero-order chi connectivity index (χ0) is 18.4. The Kier molecular flexibility index (Phi) is 6.55. The van der Waals surface area contributed by atoms with Crippen molar-refractivity contribution in [3.05, 3.63) is 58.1 Å². The number of nitrogens with zero attached hydrogens (tertiary/aromatic N) is 2. The Morgan fingerprint density at radius 2 is 2.04 bits per heavy atom. The SMILES string of the molecule is C[C@@H]1CN(Cc2ccccc2CNC(=O)/C=C\c2nccs2)C[C@H](C)O1. The summed E-state index contributed by atoms with van der Waals surface area (Å²) in [5.41, 5.74) is 2.40. The normalized spacial score (nSPS) is 21.2. The Balaban J connectivity index is 1.57. The van der Waals surface area contributed by atoms with Crippen LogP contribution in [0.3, 0.4) is 0 Å². The lowest BCUT2D eigenvalue weighted by Crippen LogP contribution is -2.45. The molecule has 0 spiro atoms. The minimum atomic E-state index is -0.108. The number of ether oxygens (including phenoxy) is 1. The van der Waals surface area contributed by atoms with E-state index in [2.05, 4.69) is 47.2 Å². The van der Waals surface area contributed by atoms with E-state index in [0.717, 1.165) is 30.2 Å². The second kappa shape index (κ2) is 9.07. The van der Waals surface area contributed by atoms with Crippen LogP contribution in [0, 0.1) is 0 Å². The molecule has 2 atom stereocenters. The van der Waals surface area contributed by atoms with Crippen LogP contribution >= 0.6 is 11.3 Å². The monoisotopic (exact) mass is 371 g/mol. The summed E-state index contributed by atoms with van der Waals surface area (Å²) in [5, 5.41) is 5.68. The molecular formula is C20H25N3O2S. The van der Waals surface area contributed by atoms with Crippen molar-refractivity contribution in [3.8, 4) is 0 Å². The molecule has 2 heterocycles. The van der Waals surface area contributed by atoms with Crippen LogP contribution in [0.25, 0.3) is 6.08 Å². The maximum absolute atomic E-state index is 12.1. The van der Waals surface area contributed by atoms with Gasteiger partial charge in [-0.25, -0.2) is 4.98 Å². The number of hydrogen-bond acceptors (Lipinski definition) is 5. The maximum Gasteiger partial charge on any atom is 0.244 e. The molecule has 3 rings (SSSR count). The molecule has 0 unspecified atom stereocenters. The highest BCUT2D eigenvalue weighted by Crippen LogP contribution is 2.17. The smallest absolute Gasteiger partial charge is 0.244 e. The standard InChI is InChI=1S/C20H25N3O2S/c1-15-12-23(13-16(2)25-15)14-18-6-4-3-5-17(18)11-22-19(24)7-8-20-21-9-10-26-20/h3-10,15-16H,11-14H2,1-2H3,(H,22,24)/b8-7-/t15-,16+. The van der Waals surface area contributed by atoms with Gasteiger partial charge in [0.1, 0.15) is 5.01 Å². The molecule has 138 valence electrons. The first-order chi connectivity index (χ1) is 12.6. The van der Waals surface area contributed by atoms with E-state index in [9.17, 15) is 4.79 Å². The molecule has 2 aromatic rings. The van der Waals surface area contributed by atoms with Crippen LogP contribution in [0.1, 0.15) is 30.0 Å². The Morgan fingerprint density at radius 3 is 2.73 bits per heavy atom. The third kappa shape index (κ3) is 5.49. The number of nitrogens with one attached hydrogen (secondary N) is 1. The van der Waals surface area contributed by atoms with E-state index < -0.39 is 0 Å². The van der Waals surface area contributed by atoms with Crippen LogP contribution in [0.4, 0.5) is 0 Å². The van der Waals surface area contributed by atoms with Crippen LogP contribution in [0.5, 0.6) is 0 Å². The molecule has 1 aromatic carbocycles. The van der Waals surface area contributed by atoms with E-state index in [-0.39, 0.29) is 18.1 Å². The molecule has 0 aliphatic carbocycles. The van der Waals surface area contributed by atoms with Gasteiger partial charge in [0.05, 0.1) is 12.2 Å². The summed E-state index contributed by atoms with van der Waals surface area (Å²) < 4.78 is 5.81. The summed E-state index contributed by atoms with van der Waals surface area (Å²) in [4.78, 5) is 18.6. The van der Waals surface area contributed by atoms with Gasteiger partial charge in [-0.15, -0.1) is 11.3 Å². The first-order valence-corrected chi connectivity index (χ1v) is 9.78.